The highest BCUT2D eigenvalue weighted by atomic mass is 16.7. The Morgan fingerprint density at radius 2 is 1.72 bits per heavy atom. The molecule has 0 bridgehead atoms. The van der Waals surface area contributed by atoms with Crippen LogP contribution in [0.4, 0.5) is 5.69 Å². The maximum Gasteiger partial charge on any atom is 0.343 e. The number of anilines is 1. The summed E-state index contributed by atoms with van der Waals surface area (Å²) >= 11 is 0. The number of amides is 1. The highest BCUT2D eigenvalue weighted by Gasteiger charge is 2.11. The minimum absolute atomic E-state index is 0.114. The zero-order valence-corrected chi connectivity index (χ0v) is 13.9. The van der Waals surface area contributed by atoms with Gasteiger partial charge >= 0.3 is 11.9 Å². The average Bonchev–Trinajstić information content (AvgIpc) is 2.58. The van der Waals surface area contributed by atoms with Crippen molar-refractivity contribution in [2.24, 2.45) is 0 Å². The second-order valence-corrected chi connectivity index (χ2v) is 5.22. The second kappa shape index (κ2) is 10.6. The SMILES string of the molecule is C=CCN(CC=C)c1ccc(CCC(=O)NOC(=O)CC(=O)O)cc1. The predicted molar refractivity (Wildman–Crippen MR) is 93.9 cm³/mol. The largest absolute Gasteiger partial charge is 0.481 e. The summed E-state index contributed by atoms with van der Waals surface area (Å²) in [5.74, 6) is -2.83. The summed E-state index contributed by atoms with van der Waals surface area (Å²) in [7, 11) is 0. The minimum Gasteiger partial charge on any atom is -0.481 e. The average molecular weight is 346 g/mol. The smallest absolute Gasteiger partial charge is 0.343 e. The Bertz CT molecular complexity index is 615. The van der Waals surface area contributed by atoms with Gasteiger partial charge in [-0.15, -0.1) is 13.2 Å². The maximum absolute atomic E-state index is 11.6. The topological polar surface area (TPSA) is 95.9 Å². The molecule has 1 amide bonds. The van der Waals surface area contributed by atoms with Crippen LogP contribution in [0.15, 0.2) is 49.6 Å². The molecule has 1 aromatic carbocycles. The Balaban J connectivity index is 2.45. The van der Waals surface area contributed by atoms with Gasteiger partial charge in [0.2, 0.25) is 0 Å². The number of hydrogen-bond donors (Lipinski definition) is 2. The van der Waals surface area contributed by atoms with E-state index in [0.717, 1.165) is 11.3 Å². The first-order valence-electron chi connectivity index (χ1n) is 7.72. The number of nitrogens with zero attached hydrogens (tertiary/aromatic N) is 1. The summed E-state index contributed by atoms with van der Waals surface area (Å²) in [5, 5.41) is 8.40. The highest BCUT2D eigenvalue weighted by Crippen LogP contribution is 2.16. The van der Waals surface area contributed by atoms with E-state index in [9.17, 15) is 14.4 Å². The van der Waals surface area contributed by atoms with E-state index < -0.39 is 24.3 Å². The van der Waals surface area contributed by atoms with Crippen molar-refractivity contribution in [3.05, 3.63) is 55.1 Å². The van der Waals surface area contributed by atoms with E-state index in [1.54, 1.807) is 0 Å². The fourth-order valence-corrected chi connectivity index (χ4v) is 2.05. The molecule has 0 aliphatic rings. The molecule has 0 unspecified atom stereocenters. The Hall–Kier alpha value is -3.09. The van der Waals surface area contributed by atoms with Gasteiger partial charge in [0.05, 0.1) is 0 Å². The summed E-state index contributed by atoms with van der Waals surface area (Å²) in [4.78, 5) is 39.3. The lowest BCUT2D eigenvalue weighted by molar-refractivity contribution is -0.162. The molecule has 0 radical (unpaired) electrons. The molecule has 0 aliphatic carbocycles. The van der Waals surface area contributed by atoms with Crippen molar-refractivity contribution in [1.82, 2.24) is 5.48 Å². The Morgan fingerprint density at radius 3 is 2.24 bits per heavy atom. The summed E-state index contributed by atoms with van der Waals surface area (Å²) in [6.45, 7) is 8.87. The van der Waals surface area contributed by atoms with Gasteiger partial charge in [0.1, 0.15) is 6.42 Å². The molecule has 0 saturated heterocycles. The predicted octanol–water partition coefficient (Wildman–Crippen LogP) is 1.85. The number of carboxylic acid groups (broad SMARTS) is 1. The molecule has 0 aliphatic heterocycles. The van der Waals surface area contributed by atoms with Crippen LogP contribution >= 0.6 is 0 Å². The van der Waals surface area contributed by atoms with E-state index in [4.69, 9.17) is 5.11 Å². The number of nitrogens with one attached hydrogen (secondary N) is 1. The molecule has 1 rings (SSSR count). The molecular weight excluding hydrogens is 324 g/mol. The Labute approximate surface area is 146 Å². The van der Waals surface area contributed by atoms with E-state index in [-0.39, 0.29) is 6.42 Å². The standard InChI is InChI=1S/C18H22N2O5/c1-3-11-20(12-4-2)15-8-5-14(6-9-15)7-10-16(21)19-25-18(24)13-17(22)23/h3-6,8-9H,1-2,7,10-13H2,(H,19,21)(H,22,23). The molecule has 1 aromatic rings. The van der Waals surface area contributed by atoms with Gasteiger partial charge in [-0.2, -0.15) is 5.48 Å². The van der Waals surface area contributed by atoms with Gasteiger partial charge in [-0.25, -0.2) is 4.79 Å². The minimum atomic E-state index is -1.32. The van der Waals surface area contributed by atoms with Crippen LogP contribution in [0.25, 0.3) is 0 Å². The molecule has 0 atom stereocenters. The second-order valence-electron chi connectivity index (χ2n) is 5.22. The Kier molecular flexibility index (Phi) is 8.49. The third-order valence-corrected chi connectivity index (χ3v) is 3.22. The van der Waals surface area contributed by atoms with Gasteiger partial charge in [-0.3, -0.25) is 9.59 Å². The van der Waals surface area contributed by atoms with Crippen molar-refractivity contribution < 1.29 is 24.3 Å². The van der Waals surface area contributed by atoms with Gasteiger partial charge in [0.15, 0.2) is 0 Å². The number of hydroxylamine groups is 1. The fraction of sp³-hybridized carbons (Fsp3) is 0.278. The third kappa shape index (κ3) is 7.83. The molecule has 0 saturated carbocycles. The monoisotopic (exact) mass is 346 g/mol. The molecule has 2 N–H and O–H groups in total. The molecule has 0 heterocycles. The molecule has 0 fully saturated rings. The van der Waals surface area contributed by atoms with Crippen LogP contribution in [-0.2, 0) is 25.6 Å². The number of aliphatic carboxylic acids is 1. The van der Waals surface area contributed by atoms with Gasteiger partial charge < -0.3 is 14.8 Å². The number of hydrogen-bond acceptors (Lipinski definition) is 5. The zero-order chi connectivity index (χ0) is 18.7. The van der Waals surface area contributed by atoms with Gasteiger partial charge in [-0.1, -0.05) is 24.3 Å². The molecule has 0 spiro atoms. The van der Waals surface area contributed by atoms with E-state index in [1.807, 2.05) is 41.9 Å². The first-order valence-corrected chi connectivity index (χ1v) is 7.72. The van der Waals surface area contributed by atoms with Crippen LogP contribution in [0, 0.1) is 0 Å². The molecule has 25 heavy (non-hydrogen) atoms. The van der Waals surface area contributed by atoms with Gasteiger partial charge in [-0.05, 0) is 24.1 Å². The summed E-state index contributed by atoms with van der Waals surface area (Å²) in [6.07, 6.45) is 3.41. The summed E-state index contributed by atoms with van der Waals surface area (Å²) < 4.78 is 0. The van der Waals surface area contributed by atoms with Crippen molar-refractivity contribution in [2.45, 2.75) is 19.3 Å². The van der Waals surface area contributed by atoms with Crippen molar-refractivity contribution in [2.75, 3.05) is 18.0 Å². The Morgan fingerprint density at radius 1 is 1.12 bits per heavy atom. The van der Waals surface area contributed by atoms with E-state index in [2.05, 4.69) is 22.9 Å². The molecule has 0 aromatic heterocycles. The molecule has 7 nitrogen and oxygen atoms in total. The van der Waals surface area contributed by atoms with Gasteiger partial charge in [0.25, 0.3) is 5.91 Å². The van der Waals surface area contributed by atoms with Crippen LogP contribution in [0.5, 0.6) is 0 Å². The molecule has 134 valence electrons. The maximum atomic E-state index is 11.6. The van der Waals surface area contributed by atoms with Crippen LogP contribution < -0.4 is 10.4 Å². The number of carbonyl (C=O) groups excluding carboxylic acids is 2. The van der Waals surface area contributed by atoms with Crippen LogP contribution in [-0.4, -0.2) is 36.0 Å². The number of carboxylic acids is 1. The van der Waals surface area contributed by atoms with E-state index >= 15 is 0 Å². The van der Waals surface area contributed by atoms with Crippen molar-refractivity contribution >= 4 is 23.5 Å². The van der Waals surface area contributed by atoms with Gasteiger partial charge in [0, 0.05) is 25.2 Å². The normalized spacial score (nSPS) is 9.76. The first-order chi connectivity index (χ1) is 12.0. The zero-order valence-electron chi connectivity index (χ0n) is 13.9. The van der Waals surface area contributed by atoms with E-state index in [1.165, 1.54) is 0 Å². The van der Waals surface area contributed by atoms with Crippen LogP contribution in [0.3, 0.4) is 0 Å². The number of carbonyl (C=O) groups is 3. The molecule has 7 heteroatoms. The third-order valence-electron chi connectivity index (χ3n) is 3.22. The number of rotatable bonds is 10. The molecular formula is C18H22N2O5. The lowest BCUT2D eigenvalue weighted by Crippen LogP contribution is -2.28. The fourth-order valence-electron chi connectivity index (χ4n) is 2.05. The highest BCUT2D eigenvalue weighted by molar-refractivity contribution is 5.90. The van der Waals surface area contributed by atoms with Crippen molar-refractivity contribution in [3.8, 4) is 0 Å². The summed E-state index contributed by atoms with van der Waals surface area (Å²) in [5.41, 5.74) is 3.91. The van der Waals surface area contributed by atoms with Crippen molar-refractivity contribution in [3.63, 3.8) is 0 Å². The van der Waals surface area contributed by atoms with Crippen LogP contribution in [0.2, 0.25) is 0 Å². The lowest BCUT2D eigenvalue weighted by atomic mass is 10.1. The number of aryl methyl sites for hydroxylation is 1. The van der Waals surface area contributed by atoms with Crippen LogP contribution in [0.1, 0.15) is 18.4 Å². The van der Waals surface area contributed by atoms with E-state index in [0.29, 0.717) is 19.5 Å². The number of benzene rings is 1. The quantitative estimate of drug-likeness (QED) is 0.381. The van der Waals surface area contributed by atoms with Crippen molar-refractivity contribution in [1.29, 1.82) is 0 Å². The first kappa shape index (κ1) is 20.0. The lowest BCUT2D eigenvalue weighted by Gasteiger charge is -2.21. The summed E-state index contributed by atoms with van der Waals surface area (Å²) in [6, 6.07) is 7.73.